The maximum absolute atomic E-state index is 12.9. The Balaban J connectivity index is 0.000000224. The van der Waals surface area contributed by atoms with Crippen LogP contribution in [0.1, 0.15) is 60.0 Å². The van der Waals surface area contributed by atoms with E-state index in [4.69, 9.17) is 23.2 Å². The number of imide groups is 1. The van der Waals surface area contributed by atoms with E-state index < -0.39 is 34.6 Å². The van der Waals surface area contributed by atoms with Gasteiger partial charge in [0.25, 0.3) is 23.3 Å². The van der Waals surface area contributed by atoms with E-state index in [1.165, 1.54) is 29.7 Å². The molecule has 17 nitrogen and oxygen atoms in total. The molecule has 2 N–H and O–H groups in total. The molecule has 0 atom stereocenters. The number of halogens is 2. The number of carbonyl (C=O) groups is 3. The molecule has 0 saturated heterocycles. The van der Waals surface area contributed by atoms with Gasteiger partial charge in [0.05, 0.1) is 33.2 Å². The fraction of sp³-hybridized carbons (Fsp3) is 0.250. The molecule has 3 aromatic carbocycles. The van der Waals surface area contributed by atoms with Crippen LogP contribution in [0.15, 0.2) is 108 Å². The van der Waals surface area contributed by atoms with Crippen molar-refractivity contribution in [3.8, 4) is 17.4 Å². The minimum Gasteiger partial charge on any atom is -0.493 e. The maximum Gasteiger partial charge on any atom is 0.333 e. The van der Waals surface area contributed by atoms with Gasteiger partial charge in [0.15, 0.2) is 11.4 Å². The maximum atomic E-state index is 12.9. The van der Waals surface area contributed by atoms with Crippen LogP contribution in [-0.4, -0.2) is 64.3 Å². The molecule has 2 aliphatic heterocycles. The second-order valence-electron chi connectivity index (χ2n) is 13.5. The topological polar surface area (TPSA) is 209 Å². The van der Waals surface area contributed by atoms with Gasteiger partial charge in [0.1, 0.15) is 0 Å². The molecule has 3 amide bonds. The van der Waals surface area contributed by atoms with Crippen LogP contribution in [0.25, 0.3) is 5.69 Å². The van der Waals surface area contributed by atoms with E-state index >= 15 is 0 Å². The number of azo groups is 2. The molecule has 1 radical (unpaired) electrons. The number of fused-ring (bicyclic) bond motifs is 1. The number of aromatic nitrogens is 4. The average Bonchev–Trinajstić information content (AvgIpc) is 3.79. The summed E-state index contributed by atoms with van der Waals surface area (Å²) in [5, 5.41) is 41.8. The van der Waals surface area contributed by atoms with Gasteiger partial charge in [-0.3, -0.25) is 33.2 Å². The van der Waals surface area contributed by atoms with Crippen molar-refractivity contribution >= 4 is 63.7 Å². The number of amides is 3. The smallest absolute Gasteiger partial charge is 0.333 e. The molecule has 0 unspecified atom stereocenters. The summed E-state index contributed by atoms with van der Waals surface area (Å²) in [5.41, 5.74) is 1.24. The van der Waals surface area contributed by atoms with Gasteiger partial charge < -0.3 is 15.1 Å². The molecule has 315 valence electrons. The molecule has 0 saturated carbocycles. The van der Waals surface area contributed by atoms with Gasteiger partial charge in [0, 0.05) is 54.5 Å². The Morgan fingerprint density at radius 1 is 0.767 bits per heavy atom. The molecule has 4 heterocycles. The standard InChI is InChI=1S/C21H17Cl2N5O2.C19H21N5O5.Cu/c1-12-11-27(15-6-4-3-5-7-15)20(29)18(12)24-25-19-13(2)26-28(21(19)30)17-10-14(22)8-9-16(17)23;1-5-10(6-2)24-15(25)11-8-7-9-12(13(11)16(24)26)20-21-14-17(27)22(3)19(29)23(4)18(14)28;/h3-10,30H,11H2,1-2H3;7-10,27H,5-6H2,1-4H3;. The van der Waals surface area contributed by atoms with Crippen molar-refractivity contribution in [1.29, 1.82) is 0 Å². The number of aromatic hydroxyl groups is 2. The molecule has 5 aromatic rings. The van der Waals surface area contributed by atoms with Crippen LogP contribution in [0, 0.1) is 6.92 Å². The number of nitrogens with zero attached hydrogens (tertiary/aromatic N) is 10. The van der Waals surface area contributed by atoms with Gasteiger partial charge in [-0.05, 0) is 74.7 Å². The van der Waals surface area contributed by atoms with E-state index in [0.29, 0.717) is 40.8 Å². The minimum atomic E-state index is -0.831. The number of hydrogen-bond donors (Lipinski definition) is 2. The zero-order chi connectivity index (χ0) is 42.9. The van der Waals surface area contributed by atoms with Crippen molar-refractivity contribution in [2.45, 2.75) is 46.6 Å². The van der Waals surface area contributed by atoms with Crippen LogP contribution in [-0.2, 0) is 36.0 Å². The Hall–Kier alpha value is -6.20. The van der Waals surface area contributed by atoms with Crippen LogP contribution < -0.4 is 16.1 Å². The Labute approximate surface area is 363 Å². The summed E-state index contributed by atoms with van der Waals surface area (Å²) in [6, 6.07) is 18.6. The Morgan fingerprint density at radius 3 is 2.10 bits per heavy atom. The van der Waals surface area contributed by atoms with Gasteiger partial charge in [-0.25, -0.2) is 4.79 Å². The summed E-state index contributed by atoms with van der Waals surface area (Å²) < 4.78 is 2.88. The van der Waals surface area contributed by atoms with E-state index in [9.17, 15) is 34.2 Å². The number of carbonyl (C=O) groups excluding carboxylic acids is 3. The molecule has 2 aromatic heterocycles. The van der Waals surface area contributed by atoms with Gasteiger partial charge in [-0.2, -0.15) is 9.78 Å². The van der Waals surface area contributed by atoms with E-state index in [1.807, 2.05) is 51.1 Å². The predicted octanol–water partition coefficient (Wildman–Crippen LogP) is 7.58. The fourth-order valence-corrected chi connectivity index (χ4v) is 6.90. The summed E-state index contributed by atoms with van der Waals surface area (Å²) in [6.45, 7) is 7.74. The summed E-state index contributed by atoms with van der Waals surface area (Å²) in [7, 11) is 2.53. The summed E-state index contributed by atoms with van der Waals surface area (Å²) >= 11 is 12.3. The second kappa shape index (κ2) is 18.4. The molecule has 7 rings (SSSR count). The van der Waals surface area contributed by atoms with Gasteiger partial charge in [-0.15, -0.1) is 20.5 Å². The largest absolute Gasteiger partial charge is 0.493 e. The number of benzene rings is 3. The number of para-hydroxylation sites is 1. The van der Waals surface area contributed by atoms with Crippen molar-refractivity contribution in [2.24, 2.45) is 34.6 Å². The number of anilines is 1. The predicted molar refractivity (Wildman–Crippen MR) is 220 cm³/mol. The van der Waals surface area contributed by atoms with Crippen molar-refractivity contribution in [3.05, 3.63) is 126 Å². The first-order valence-corrected chi connectivity index (χ1v) is 19.0. The molecule has 2 aliphatic rings. The quantitative estimate of drug-likeness (QED) is 0.0854. The summed E-state index contributed by atoms with van der Waals surface area (Å²) in [5.74, 6) is -1.99. The summed E-state index contributed by atoms with van der Waals surface area (Å²) in [6.07, 6.45) is 1.25. The first kappa shape index (κ1) is 44.9. The van der Waals surface area contributed by atoms with Crippen LogP contribution >= 0.6 is 23.2 Å². The SMILES string of the molecule is CC1=C(N=Nc2c(C)nn(-c3cc(Cl)ccc3Cl)c2O)C(=O)N(c2ccccc2)C1.CCC(CC)N1C(=O)c2cccc(N=Nc3c(O)n(C)c(=O)n(C)c3=O)c2C1=O.[Cu]. The normalized spacial score (nSPS) is 13.8. The van der Waals surface area contributed by atoms with Crippen molar-refractivity contribution in [2.75, 3.05) is 11.4 Å². The van der Waals surface area contributed by atoms with E-state index in [1.54, 1.807) is 42.2 Å². The molecule has 20 heteroatoms. The van der Waals surface area contributed by atoms with E-state index in [-0.39, 0.29) is 63.1 Å². The monoisotopic (exact) mass is 903 g/mol. The Bertz CT molecular complexity index is 2740. The molecule has 60 heavy (non-hydrogen) atoms. The van der Waals surface area contributed by atoms with Crippen molar-refractivity contribution in [3.63, 3.8) is 0 Å². The first-order chi connectivity index (χ1) is 28.1. The van der Waals surface area contributed by atoms with Crippen molar-refractivity contribution in [1.82, 2.24) is 23.8 Å². The molecule has 0 fully saturated rings. The Kier molecular flexibility index (Phi) is 13.8. The number of hydrogen-bond acceptors (Lipinski definition) is 12. The van der Waals surface area contributed by atoms with Crippen LogP contribution in [0.3, 0.4) is 0 Å². The zero-order valence-corrected chi connectivity index (χ0v) is 35.5. The van der Waals surface area contributed by atoms with E-state index in [2.05, 4.69) is 25.6 Å². The fourth-order valence-electron chi connectivity index (χ4n) is 6.54. The summed E-state index contributed by atoms with van der Waals surface area (Å²) in [4.78, 5) is 65.4. The third-order valence-corrected chi connectivity index (χ3v) is 10.4. The first-order valence-electron chi connectivity index (χ1n) is 18.2. The third kappa shape index (κ3) is 8.31. The third-order valence-electron chi connectivity index (χ3n) is 9.81. The number of aryl methyl sites for hydroxylation is 1. The van der Waals surface area contributed by atoms with Crippen LogP contribution in [0.5, 0.6) is 11.8 Å². The molecular formula is C40H38Cl2CuN10O7. The zero-order valence-electron chi connectivity index (χ0n) is 33.0. The number of rotatable bonds is 9. The van der Waals surface area contributed by atoms with Gasteiger partial charge in [0.2, 0.25) is 17.4 Å². The van der Waals surface area contributed by atoms with E-state index in [0.717, 1.165) is 20.4 Å². The minimum absolute atomic E-state index is 0. The Morgan fingerprint density at radius 2 is 1.43 bits per heavy atom. The van der Waals surface area contributed by atoms with Crippen LogP contribution in [0.4, 0.5) is 22.7 Å². The second-order valence-corrected chi connectivity index (χ2v) is 14.4. The molecular weight excluding hydrogens is 867 g/mol. The molecule has 0 spiro atoms. The van der Waals surface area contributed by atoms with Crippen molar-refractivity contribution < 1.29 is 41.7 Å². The van der Waals surface area contributed by atoms with Crippen LogP contribution in [0.2, 0.25) is 10.0 Å². The van der Waals surface area contributed by atoms with Gasteiger partial charge >= 0.3 is 5.69 Å². The molecule has 0 aliphatic carbocycles. The van der Waals surface area contributed by atoms with Gasteiger partial charge in [-0.1, -0.05) is 61.3 Å². The average molecular weight is 905 g/mol. The molecule has 0 bridgehead atoms.